The number of hydrogen-bond acceptors (Lipinski definition) is 1. The standard InChI is InChI=1S/C12H8N/c1-2-5-11(4-1)7-8-12-6-3-9-13-10-12/h1-6,9-10H/q-1. The van der Waals surface area contributed by atoms with Crippen molar-refractivity contribution in [2.24, 2.45) is 0 Å². The van der Waals surface area contributed by atoms with Crippen molar-refractivity contribution in [1.82, 2.24) is 4.98 Å². The van der Waals surface area contributed by atoms with Crippen molar-refractivity contribution < 1.29 is 0 Å². The van der Waals surface area contributed by atoms with Gasteiger partial charge in [-0.2, -0.15) is 24.1 Å². The molecule has 0 amide bonds. The van der Waals surface area contributed by atoms with E-state index in [0.29, 0.717) is 0 Å². The molecule has 0 aliphatic carbocycles. The zero-order valence-electron chi connectivity index (χ0n) is 7.07. The summed E-state index contributed by atoms with van der Waals surface area (Å²) < 4.78 is 0. The van der Waals surface area contributed by atoms with Gasteiger partial charge in [-0.05, 0) is 12.1 Å². The van der Waals surface area contributed by atoms with Gasteiger partial charge in [0.2, 0.25) is 0 Å². The largest absolute Gasteiger partial charge is 0.263 e. The molecule has 1 nitrogen and oxygen atoms in total. The van der Waals surface area contributed by atoms with Crippen LogP contribution >= 0.6 is 0 Å². The van der Waals surface area contributed by atoms with E-state index in [2.05, 4.69) is 16.8 Å². The molecule has 0 unspecified atom stereocenters. The van der Waals surface area contributed by atoms with Crippen LogP contribution in [0.15, 0.2) is 48.8 Å². The van der Waals surface area contributed by atoms with Crippen LogP contribution in [-0.2, 0) is 0 Å². The Morgan fingerprint density at radius 1 is 1.15 bits per heavy atom. The molecule has 0 atom stereocenters. The summed E-state index contributed by atoms with van der Waals surface area (Å²) in [5.41, 5.74) is 1.99. The van der Waals surface area contributed by atoms with E-state index in [1.165, 1.54) is 0 Å². The van der Waals surface area contributed by atoms with Crippen molar-refractivity contribution in [2.75, 3.05) is 0 Å². The van der Waals surface area contributed by atoms with Crippen LogP contribution < -0.4 is 0 Å². The van der Waals surface area contributed by atoms with Gasteiger partial charge in [0.1, 0.15) is 0 Å². The minimum absolute atomic E-state index is 0.948. The van der Waals surface area contributed by atoms with Gasteiger partial charge in [0.25, 0.3) is 0 Å². The highest BCUT2D eigenvalue weighted by Crippen LogP contribution is 1.98. The molecule has 2 rings (SSSR count). The molecule has 0 spiro atoms. The third kappa shape index (κ3) is 2.00. The monoisotopic (exact) mass is 166 g/mol. The second-order valence-electron chi connectivity index (χ2n) is 2.67. The van der Waals surface area contributed by atoms with E-state index >= 15 is 0 Å². The van der Waals surface area contributed by atoms with E-state index in [9.17, 15) is 0 Å². The Hall–Kier alpha value is -1.94. The molecular formula is C12H8N-. The molecule has 1 aromatic heterocycles. The average molecular weight is 166 g/mol. The molecule has 0 saturated carbocycles. The molecule has 0 aliphatic heterocycles. The maximum atomic E-state index is 3.98. The molecule has 0 aliphatic rings. The molecule has 1 heterocycles. The van der Waals surface area contributed by atoms with E-state index in [1.807, 2.05) is 36.4 Å². The summed E-state index contributed by atoms with van der Waals surface area (Å²) in [5, 5.41) is 0. The summed E-state index contributed by atoms with van der Waals surface area (Å²) in [7, 11) is 0. The first-order valence-corrected chi connectivity index (χ1v) is 4.09. The van der Waals surface area contributed by atoms with Crippen LogP contribution in [0.4, 0.5) is 0 Å². The van der Waals surface area contributed by atoms with Gasteiger partial charge in [-0.1, -0.05) is 0 Å². The summed E-state index contributed by atoms with van der Waals surface area (Å²) in [6.45, 7) is 0. The van der Waals surface area contributed by atoms with Crippen LogP contribution in [0.1, 0.15) is 11.1 Å². The van der Waals surface area contributed by atoms with Gasteiger partial charge in [-0.3, -0.25) is 4.98 Å². The smallest absolute Gasteiger partial charge is 0.0415 e. The molecule has 0 bridgehead atoms. The molecule has 2 aromatic rings. The third-order valence-electron chi connectivity index (χ3n) is 1.68. The van der Waals surface area contributed by atoms with Gasteiger partial charge >= 0.3 is 0 Å². The molecular weight excluding hydrogens is 158 g/mol. The fourth-order valence-electron chi connectivity index (χ4n) is 1.04. The lowest BCUT2D eigenvalue weighted by Crippen LogP contribution is -1.74. The quantitative estimate of drug-likeness (QED) is 0.432. The van der Waals surface area contributed by atoms with Crippen LogP contribution in [-0.4, -0.2) is 4.98 Å². The minimum atomic E-state index is 0.948. The highest BCUT2D eigenvalue weighted by atomic mass is 14.6. The van der Waals surface area contributed by atoms with Gasteiger partial charge in [-0.25, -0.2) is 0 Å². The van der Waals surface area contributed by atoms with Crippen molar-refractivity contribution in [3.63, 3.8) is 0 Å². The van der Waals surface area contributed by atoms with Crippen LogP contribution in [0.5, 0.6) is 0 Å². The van der Waals surface area contributed by atoms with Gasteiger partial charge in [0, 0.05) is 18.0 Å². The number of aromatic nitrogens is 1. The Labute approximate surface area is 77.4 Å². The predicted octanol–water partition coefficient (Wildman–Crippen LogP) is 2.20. The maximum Gasteiger partial charge on any atom is 0.0415 e. The average Bonchev–Trinajstić information content (AvgIpc) is 2.69. The van der Waals surface area contributed by atoms with Crippen molar-refractivity contribution in [2.45, 2.75) is 0 Å². The van der Waals surface area contributed by atoms with Crippen LogP contribution in [0, 0.1) is 11.8 Å². The van der Waals surface area contributed by atoms with Crippen LogP contribution in [0.25, 0.3) is 0 Å². The zero-order valence-corrected chi connectivity index (χ0v) is 7.07. The first kappa shape index (κ1) is 7.70. The lowest BCUT2D eigenvalue weighted by atomic mass is 10.2. The summed E-state index contributed by atoms with van der Waals surface area (Å²) in [4.78, 5) is 3.98. The number of hydrogen-bond donors (Lipinski definition) is 0. The van der Waals surface area contributed by atoms with Crippen molar-refractivity contribution >= 4 is 0 Å². The second kappa shape index (κ2) is 3.64. The predicted molar refractivity (Wildman–Crippen MR) is 52.3 cm³/mol. The lowest BCUT2D eigenvalue weighted by molar-refractivity contribution is 1.31. The van der Waals surface area contributed by atoms with E-state index in [-0.39, 0.29) is 0 Å². The normalized spacial score (nSPS) is 8.92. The highest BCUT2D eigenvalue weighted by molar-refractivity contribution is 5.41. The second-order valence-corrected chi connectivity index (χ2v) is 2.67. The molecule has 13 heavy (non-hydrogen) atoms. The van der Waals surface area contributed by atoms with E-state index in [0.717, 1.165) is 11.1 Å². The Bertz CT molecular complexity index is 415. The van der Waals surface area contributed by atoms with E-state index in [1.54, 1.807) is 12.4 Å². The van der Waals surface area contributed by atoms with Gasteiger partial charge in [-0.15, -0.1) is 17.6 Å². The molecule has 1 heteroatoms. The molecule has 0 saturated heterocycles. The Morgan fingerprint density at radius 3 is 2.85 bits per heavy atom. The molecule has 0 radical (unpaired) electrons. The highest BCUT2D eigenvalue weighted by Gasteiger charge is 1.79. The summed E-state index contributed by atoms with van der Waals surface area (Å²) in [5.74, 6) is 6.09. The fourth-order valence-corrected chi connectivity index (χ4v) is 1.04. The SMILES string of the molecule is C(#Cc1ccc[cH-]1)c1cccnc1. The van der Waals surface area contributed by atoms with Crippen molar-refractivity contribution in [3.05, 3.63) is 59.9 Å². The van der Waals surface area contributed by atoms with Crippen LogP contribution in [0.3, 0.4) is 0 Å². The van der Waals surface area contributed by atoms with Gasteiger partial charge in [0.15, 0.2) is 0 Å². The first-order valence-electron chi connectivity index (χ1n) is 4.09. The fraction of sp³-hybridized carbons (Fsp3) is 0. The number of pyridine rings is 1. The molecule has 62 valence electrons. The summed E-state index contributed by atoms with van der Waals surface area (Å²) in [6.07, 6.45) is 3.50. The maximum absolute atomic E-state index is 3.98. The number of nitrogens with zero attached hydrogens (tertiary/aromatic N) is 1. The summed E-state index contributed by atoms with van der Waals surface area (Å²) in [6, 6.07) is 11.8. The van der Waals surface area contributed by atoms with Gasteiger partial charge < -0.3 is 0 Å². The Morgan fingerprint density at radius 2 is 2.15 bits per heavy atom. The Balaban J connectivity index is 2.23. The molecule has 0 fully saturated rings. The van der Waals surface area contributed by atoms with Crippen molar-refractivity contribution in [3.8, 4) is 11.8 Å². The molecule has 0 N–H and O–H groups in total. The van der Waals surface area contributed by atoms with E-state index < -0.39 is 0 Å². The first-order chi connectivity index (χ1) is 6.45. The minimum Gasteiger partial charge on any atom is -0.263 e. The van der Waals surface area contributed by atoms with E-state index in [4.69, 9.17) is 0 Å². The zero-order chi connectivity index (χ0) is 8.93. The molecule has 1 aromatic carbocycles. The number of rotatable bonds is 0. The summed E-state index contributed by atoms with van der Waals surface area (Å²) >= 11 is 0. The lowest BCUT2D eigenvalue weighted by Gasteiger charge is -1.89. The third-order valence-corrected chi connectivity index (χ3v) is 1.68. The Kier molecular flexibility index (Phi) is 2.16. The van der Waals surface area contributed by atoms with Crippen molar-refractivity contribution in [1.29, 1.82) is 0 Å². The van der Waals surface area contributed by atoms with Crippen LogP contribution in [0.2, 0.25) is 0 Å². The van der Waals surface area contributed by atoms with Gasteiger partial charge in [0.05, 0.1) is 0 Å². The topological polar surface area (TPSA) is 12.9 Å².